The van der Waals surface area contributed by atoms with Crippen molar-refractivity contribution < 1.29 is 5.11 Å². The second kappa shape index (κ2) is 3.88. The first kappa shape index (κ1) is 8.75. The molecule has 0 spiro atoms. The monoisotopic (exact) mass is 170 g/mol. The van der Waals surface area contributed by atoms with Crippen molar-refractivity contribution in [1.82, 2.24) is 0 Å². The number of thiophene rings is 1. The van der Waals surface area contributed by atoms with Crippen molar-refractivity contribution in [3.05, 3.63) is 21.9 Å². The zero-order chi connectivity index (χ0) is 8.27. The molecular weight excluding hydrogens is 156 g/mol. The fourth-order valence-corrected chi connectivity index (χ4v) is 2.31. The summed E-state index contributed by atoms with van der Waals surface area (Å²) in [7, 11) is 0. The van der Waals surface area contributed by atoms with E-state index in [-0.39, 0.29) is 6.61 Å². The molecule has 0 aliphatic carbocycles. The first-order chi connectivity index (χ1) is 5.29. The lowest BCUT2D eigenvalue weighted by Gasteiger charge is -2.09. The van der Waals surface area contributed by atoms with Crippen LogP contribution in [0.15, 0.2) is 11.4 Å². The molecule has 0 aliphatic heterocycles. The highest BCUT2D eigenvalue weighted by molar-refractivity contribution is 7.10. The highest BCUT2D eigenvalue weighted by Gasteiger charge is 2.10. The van der Waals surface area contributed by atoms with Gasteiger partial charge < -0.3 is 5.11 Å². The molecule has 1 nitrogen and oxygen atoms in total. The van der Waals surface area contributed by atoms with Crippen LogP contribution < -0.4 is 0 Å². The molecule has 0 saturated carbocycles. The van der Waals surface area contributed by atoms with Gasteiger partial charge in [-0.1, -0.05) is 6.92 Å². The van der Waals surface area contributed by atoms with Gasteiger partial charge in [-0.3, -0.25) is 0 Å². The normalized spacial score (nSPS) is 13.4. The molecule has 11 heavy (non-hydrogen) atoms. The Morgan fingerprint density at radius 3 is 2.73 bits per heavy atom. The molecule has 62 valence electrons. The smallest absolute Gasteiger partial charge is 0.0507 e. The maximum absolute atomic E-state index is 9.03. The third kappa shape index (κ3) is 1.82. The lowest BCUT2D eigenvalue weighted by atomic mass is 10.0. The van der Waals surface area contributed by atoms with Crippen molar-refractivity contribution in [3.8, 4) is 0 Å². The summed E-state index contributed by atoms with van der Waals surface area (Å²) in [4.78, 5) is 1.34. The van der Waals surface area contributed by atoms with Crippen molar-refractivity contribution in [2.75, 3.05) is 6.61 Å². The number of aryl methyl sites for hydroxylation is 1. The van der Waals surface area contributed by atoms with Crippen LogP contribution in [0.4, 0.5) is 0 Å². The van der Waals surface area contributed by atoms with E-state index in [0.29, 0.717) is 5.92 Å². The van der Waals surface area contributed by atoms with Gasteiger partial charge in [-0.05, 0) is 30.4 Å². The maximum Gasteiger partial charge on any atom is 0.0507 e. The molecule has 0 fully saturated rings. The van der Waals surface area contributed by atoms with Crippen LogP contribution in [0.3, 0.4) is 0 Å². The van der Waals surface area contributed by atoms with Gasteiger partial charge in [0.15, 0.2) is 0 Å². The minimum Gasteiger partial charge on any atom is -0.396 e. The summed E-state index contributed by atoms with van der Waals surface area (Å²) < 4.78 is 0. The lowest BCUT2D eigenvalue weighted by Crippen LogP contribution is -2.01. The fraction of sp³-hybridized carbons (Fsp3) is 0.556. The molecule has 0 bridgehead atoms. The van der Waals surface area contributed by atoms with Crippen LogP contribution in [0, 0.1) is 6.92 Å². The molecule has 1 rings (SSSR count). The fourth-order valence-electron chi connectivity index (χ4n) is 1.20. The summed E-state index contributed by atoms with van der Waals surface area (Å²) >= 11 is 1.75. The highest BCUT2D eigenvalue weighted by Crippen LogP contribution is 2.27. The van der Waals surface area contributed by atoms with Crippen LogP contribution in [0.5, 0.6) is 0 Å². The Kier molecular flexibility index (Phi) is 3.09. The Balaban J connectivity index is 2.81. The molecular formula is C9H14OS. The topological polar surface area (TPSA) is 20.2 Å². The molecule has 1 aromatic heterocycles. The van der Waals surface area contributed by atoms with Crippen LogP contribution in [0.1, 0.15) is 29.7 Å². The molecule has 1 heterocycles. The van der Waals surface area contributed by atoms with Crippen LogP contribution >= 0.6 is 11.3 Å². The van der Waals surface area contributed by atoms with E-state index in [1.807, 2.05) is 0 Å². The van der Waals surface area contributed by atoms with E-state index in [2.05, 4.69) is 25.3 Å². The second-order valence-electron chi connectivity index (χ2n) is 2.76. The van der Waals surface area contributed by atoms with Crippen molar-refractivity contribution in [2.24, 2.45) is 0 Å². The average Bonchev–Trinajstić information content (AvgIpc) is 2.40. The third-order valence-electron chi connectivity index (χ3n) is 1.99. The van der Waals surface area contributed by atoms with E-state index >= 15 is 0 Å². The highest BCUT2D eigenvalue weighted by atomic mass is 32.1. The standard InChI is InChI=1S/C9H14OS/c1-3-8(6-10)9-7(2)4-5-11-9/h4-5,8,10H,3,6H2,1-2H3. The molecule has 0 aliphatic rings. The zero-order valence-electron chi connectivity index (χ0n) is 7.00. The van der Waals surface area contributed by atoms with Gasteiger partial charge in [-0.15, -0.1) is 11.3 Å². The van der Waals surface area contributed by atoms with Crippen LogP contribution in [-0.4, -0.2) is 11.7 Å². The lowest BCUT2D eigenvalue weighted by molar-refractivity contribution is 0.263. The summed E-state index contributed by atoms with van der Waals surface area (Å²) in [6.45, 7) is 4.49. The van der Waals surface area contributed by atoms with Gasteiger partial charge in [-0.2, -0.15) is 0 Å². The van der Waals surface area contributed by atoms with Crippen molar-refractivity contribution in [1.29, 1.82) is 0 Å². The zero-order valence-corrected chi connectivity index (χ0v) is 7.82. The number of aliphatic hydroxyl groups excluding tert-OH is 1. The Hall–Kier alpha value is -0.340. The quantitative estimate of drug-likeness (QED) is 0.739. The van der Waals surface area contributed by atoms with E-state index in [1.165, 1.54) is 10.4 Å². The van der Waals surface area contributed by atoms with E-state index in [9.17, 15) is 0 Å². The van der Waals surface area contributed by atoms with Gasteiger partial charge in [0, 0.05) is 10.8 Å². The van der Waals surface area contributed by atoms with Crippen molar-refractivity contribution in [2.45, 2.75) is 26.2 Å². The molecule has 1 aromatic rings. The molecule has 1 unspecified atom stereocenters. The van der Waals surface area contributed by atoms with Crippen LogP contribution in [0.25, 0.3) is 0 Å². The summed E-state index contributed by atoms with van der Waals surface area (Å²) in [5.74, 6) is 0.356. The predicted octanol–water partition coefficient (Wildman–Crippen LogP) is 2.54. The van der Waals surface area contributed by atoms with E-state index < -0.39 is 0 Å². The Labute approximate surface area is 71.7 Å². The molecule has 1 N–H and O–H groups in total. The molecule has 1 atom stereocenters. The summed E-state index contributed by atoms with van der Waals surface area (Å²) in [6.07, 6.45) is 1.03. The van der Waals surface area contributed by atoms with E-state index in [4.69, 9.17) is 5.11 Å². The van der Waals surface area contributed by atoms with Crippen LogP contribution in [0.2, 0.25) is 0 Å². The number of hydrogen-bond donors (Lipinski definition) is 1. The third-order valence-corrected chi connectivity index (χ3v) is 3.17. The van der Waals surface area contributed by atoms with E-state index in [0.717, 1.165) is 6.42 Å². The largest absolute Gasteiger partial charge is 0.396 e. The predicted molar refractivity (Wildman–Crippen MR) is 49.2 cm³/mol. The molecule has 0 radical (unpaired) electrons. The van der Waals surface area contributed by atoms with Crippen molar-refractivity contribution >= 4 is 11.3 Å². The SMILES string of the molecule is CCC(CO)c1sccc1C. The van der Waals surface area contributed by atoms with Crippen LogP contribution in [-0.2, 0) is 0 Å². The van der Waals surface area contributed by atoms with E-state index in [1.54, 1.807) is 11.3 Å². The summed E-state index contributed by atoms with van der Waals surface area (Å²) in [5.41, 5.74) is 1.32. The van der Waals surface area contributed by atoms with Gasteiger partial charge >= 0.3 is 0 Å². The number of hydrogen-bond acceptors (Lipinski definition) is 2. The van der Waals surface area contributed by atoms with Gasteiger partial charge in [0.1, 0.15) is 0 Å². The van der Waals surface area contributed by atoms with Gasteiger partial charge in [0.05, 0.1) is 6.61 Å². The number of rotatable bonds is 3. The Morgan fingerprint density at radius 2 is 2.36 bits per heavy atom. The first-order valence-corrected chi connectivity index (χ1v) is 4.82. The molecule has 0 amide bonds. The molecule has 0 aromatic carbocycles. The minimum absolute atomic E-state index is 0.276. The Bertz CT molecular complexity index is 213. The first-order valence-electron chi connectivity index (χ1n) is 3.94. The summed E-state index contributed by atoms with van der Waals surface area (Å²) in [6, 6.07) is 2.11. The average molecular weight is 170 g/mol. The van der Waals surface area contributed by atoms with Gasteiger partial charge in [0.25, 0.3) is 0 Å². The maximum atomic E-state index is 9.03. The molecule has 0 saturated heterocycles. The molecule has 2 heteroatoms. The van der Waals surface area contributed by atoms with Gasteiger partial charge in [-0.25, -0.2) is 0 Å². The number of aliphatic hydroxyl groups is 1. The van der Waals surface area contributed by atoms with Gasteiger partial charge in [0.2, 0.25) is 0 Å². The van der Waals surface area contributed by atoms with Crippen molar-refractivity contribution in [3.63, 3.8) is 0 Å². The summed E-state index contributed by atoms with van der Waals surface area (Å²) in [5, 5.41) is 11.1. The minimum atomic E-state index is 0.276. The second-order valence-corrected chi connectivity index (χ2v) is 3.70. The Morgan fingerprint density at radius 1 is 1.64 bits per heavy atom.